The van der Waals surface area contributed by atoms with E-state index in [-0.39, 0.29) is 50.1 Å². The SMILES string of the molecule is CC(C)COC(=O)C1C2C=C(c3ccccc3)C(C1C(=O)OCC(C)C)C(C(=O)OCC(C)C)C2C(=O)OCC(C)C. The van der Waals surface area contributed by atoms with Gasteiger partial charge in [-0.15, -0.1) is 0 Å². The van der Waals surface area contributed by atoms with Crippen LogP contribution in [-0.2, 0) is 38.1 Å². The molecular formula is C34H48O8. The number of hydrogen-bond acceptors (Lipinski definition) is 8. The molecule has 0 aromatic heterocycles. The third-order valence-corrected chi connectivity index (χ3v) is 7.54. The van der Waals surface area contributed by atoms with Gasteiger partial charge in [0.25, 0.3) is 0 Å². The van der Waals surface area contributed by atoms with E-state index in [2.05, 4.69) is 0 Å². The Balaban J connectivity index is 2.22. The van der Waals surface area contributed by atoms with E-state index in [0.29, 0.717) is 0 Å². The predicted octanol–water partition coefficient (Wildman–Crippen LogP) is 5.59. The zero-order chi connectivity index (χ0) is 31.1. The van der Waals surface area contributed by atoms with Gasteiger partial charge in [0.2, 0.25) is 0 Å². The van der Waals surface area contributed by atoms with Crippen LogP contribution in [0.15, 0.2) is 36.4 Å². The van der Waals surface area contributed by atoms with Crippen LogP contribution in [0.3, 0.4) is 0 Å². The van der Waals surface area contributed by atoms with Crippen molar-refractivity contribution in [2.75, 3.05) is 26.4 Å². The lowest BCUT2D eigenvalue weighted by Crippen LogP contribution is -2.59. The summed E-state index contributed by atoms with van der Waals surface area (Å²) in [5.41, 5.74) is 1.53. The lowest BCUT2D eigenvalue weighted by Gasteiger charge is -2.52. The number of rotatable bonds is 13. The van der Waals surface area contributed by atoms with E-state index in [1.54, 1.807) is 0 Å². The second-order valence-corrected chi connectivity index (χ2v) is 13.3. The maximum atomic E-state index is 13.9. The van der Waals surface area contributed by atoms with Crippen molar-refractivity contribution < 1.29 is 38.1 Å². The van der Waals surface area contributed by atoms with Crippen LogP contribution in [-0.4, -0.2) is 50.3 Å². The van der Waals surface area contributed by atoms with Gasteiger partial charge < -0.3 is 18.9 Å². The Morgan fingerprint density at radius 1 is 0.548 bits per heavy atom. The molecule has 0 radical (unpaired) electrons. The van der Waals surface area contributed by atoms with E-state index in [1.165, 1.54) is 0 Å². The van der Waals surface area contributed by atoms with Gasteiger partial charge in [-0.3, -0.25) is 19.2 Å². The van der Waals surface area contributed by atoms with E-state index in [1.807, 2.05) is 91.8 Å². The number of allylic oxidation sites excluding steroid dienone is 2. The van der Waals surface area contributed by atoms with Gasteiger partial charge in [-0.2, -0.15) is 0 Å². The van der Waals surface area contributed by atoms with Crippen LogP contribution in [0.2, 0.25) is 0 Å². The molecule has 0 saturated heterocycles. The lowest BCUT2D eigenvalue weighted by atomic mass is 9.50. The number of carbonyl (C=O) groups is 4. The summed E-state index contributed by atoms with van der Waals surface area (Å²) < 4.78 is 22.9. The van der Waals surface area contributed by atoms with Crippen molar-refractivity contribution >= 4 is 29.5 Å². The van der Waals surface area contributed by atoms with Crippen molar-refractivity contribution in [2.24, 2.45) is 59.2 Å². The molecule has 0 spiro atoms. The standard InChI is InChI=1S/C34H48O8/c1-19(2)15-39-31(35)27-25-14-24(23-12-10-9-11-13-23)26(29(27)33(37)41-17-21(5)6)30(34(38)42-18-22(7)8)28(25)32(36)40-16-20(3)4/h9-14,19-22,25-30H,15-18H2,1-8H3. The Kier molecular flexibility index (Phi) is 11.8. The molecule has 8 heteroatoms. The summed E-state index contributed by atoms with van der Waals surface area (Å²) in [7, 11) is 0. The van der Waals surface area contributed by atoms with E-state index < -0.39 is 59.4 Å². The van der Waals surface area contributed by atoms with Gasteiger partial charge in [0.05, 0.1) is 50.1 Å². The number of hydrogen-bond donors (Lipinski definition) is 0. The molecule has 4 rings (SSSR count). The van der Waals surface area contributed by atoms with Crippen molar-refractivity contribution in [1.29, 1.82) is 0 Å². The van der Waals surface area contributed by atoms with Crippen molar-refractivity contribution in [3.05, 3.63) is 42.0 Å². The first-order chi connectivity index (χ1) is 19.8. The van der Waals surface area contributed by atoms with Crippen LogP contribution in [0, 0.1) is 59.2 Å². The Morgan fingerprint density at radius 3 is 1.21 bits per heavy atom. The number of fused-ring (bicyclic) bond motifs is 2. The summed E-state index contributed by atoms with van der Waals surface area (Å²) in [6, 6.07) is 9.43. The minimum absolute atomic E-state index is 0.0655. The molecule has 1 aromatic carbocycles. The highest BCUT2D eigenvalue weighted by molar-refractivity contribution is 5.95. The molecule has 4 unspecified atom stereocenters. The molecule has 0 amide bonds. The molecule has 3 aliphatic carbocycles. The molecule has 1 aromatic rings. The first-order valence-electron chi connectivity index (χ1n) is 15.3. The van der Waals surface area contributed by atoms with Crippen LogP contribution in [0.1, 0.15) is 61.0 Å². The average Bonchev–Trinajstić information content (AvgIpc) is 2.95. The molecular weight excluding hydrogens is 536 g/mol. The van der Waals surface area contributed by atoms with Crippen molar-refractivity contribution in [3.63, 3.8) is 0 Å². The van der Waals surface area contributed by atoms with E-state index >= 15 is 0 Å². The minimum atomic E-state index is -1.04. The third-order valence-electron chi connectivity index (χ3n) is 7.54. The van der Waals surface area contributed by atoms with Gasteiger partial charge in [0.15, 0.2) is 0 Å². The predicted molar refractivity (Wildman–Crippen MR) is 159 cm³/mol. The van der Waals surface area contributed by atoms with Crippen molar-refractivity contribution in [2.45, 2.75) is 55.4 Å². The highest BCUT2D eigenvalue weighted by Crippen LogP contribution is 2.58. The smallest absolute Gasteiger partial charge is 0.310 e. The van der Waals surface area contributed by atoms with Crippen molar-refractivity contribution in [3.8, 4) is 0 Å². The molecule has 232 valence electrons. The molecule has 0 heterocycles. The summed E-state index contributed by atoms with van der Waals surface area (Å²) in [6.07, 6.45) is 1.88. The zero-order valence-electron chi connectivity index (χ0n) is 26.3. The fourth-order valence-corrected chi connectivity index (χ4v) is 5.78. The molecule has 1 saturated carbocycles. The summed E-state index contributed by atoms with van der Waals surface area (Å²) in [6.45, 7) is 16.1. The Bertz CT molecular complexity index is 1060. The Labute approximate surface area is 250 Å². The molecule has 8 nitrogen and oxygen atoms in total. The molecule has 1 fully saturated rings. The average molecular weight is 585 g/mol. The number of ether oxygens (including phenoxy) is 4. The van der Waals surface area contributed by atoms with Crippen LogP contribution in [0.25, 0.3) is 5.57 Å². The maximum absolute atomic E-state index is 13.9. The zero-order valence-corrected chi connectivity index (χ0v) is 26.3. The van der Waals surface area contributed by atoms with Gasteiger partial charge in [-0.05, 0) is 34.8 Å². The van der Waals surface area contributed by atoms with Gasteiger partial charge in [-0.1, -0.05) is 91.8 Å². The van der Waals surface area contributed by atoms with Gasteiger partial charge in [-0.25, -0.2) is 0 Å². The minimum Gasteiger partial charge on any atom is -0.465 e. The number of carbonyl (C=O) groups excluding carboxylic acids is 4. The fourth-order valence-electron chi connectivity index (χ4n) is 5.78. The molecule has 4 atom stereocenters. The lowest BCUT2D eigenvalue weighted by molar-refractivity contribution is -0.186. The number of benzene rings is 1. The summed E-state index contributed by atoms with van der Waals surface area (Å²) in [5, 5.41) is 0. The molecule has 2 bridgehead atoms. The quantitative estimate of drug-likeness (QED) is 0.218. The Morgan fingerprint density at radius 2 is 0.881 bits per heavy atom. The fraction of sp³-hybridized carbons (Fsp3) is 0.647. The highest BCUT2D eigenvalue weighted by Gasteiger charge is 2.64. The van der Waals surface area contributed by atoms with Gasteiger partial charge >= 0.3 is 23.9 Å². The first kappa shape index (κ1) is 33.3. The second-order valence-electron chi connectivity index (χ2n) is 13.3. The van der Waals surface area contributed by atoms with E-state index in [9.17, 15) is 19.2 Å². The maximum Gasteiger partial charge on any atom is 0.310 e. The van der Waals surface area contributed by atoms with Crippen LogP contribution >= 0.6 is 0 Å². The van der Waals surface area contributed by atoms with E-state index in [0.717, 1.165) is 11.1 Å². The van der Waals surface area contributed by atoms with Crippen molar-refractivity contribution in [1.82, 2.24) is 0 Å². The first-order valence-corrected chi connectivity index (χ1v) is 15.3. The largest absolute Gasteiger partial charge is 0.465 e. The van der Waals surface area contributed by atoms with E-state index in [4.69, 9.17) is 18.9 Å². The van der Waals surface area contributed by atoms with Gasteiger partial charge in [0, 0.05) is 11.8 Å². The molecule has 42 heavy (non-hydrogen) atoms. The summed E-state index contributed by atoms with van der Waals surface area (Å²) in [4.78, 5) is 55.4. The molecule has 0 aliphatic heterocycles. The van der Waals surface area contributed by atoms with Gasteiger partial charge in [0.1, 0.15) is 0 Å². The highest BCUT2D eigenvalue weighted by atomic mass is 16.6. The normalized spacial score (nSPS) is 25.0. The van der Waals surface area contributed by atoms with Crippen LogP contribution in [0.4, 0.5) is 0 Å². The third kappa shape index (κ3) is 8.01. The summed E-state index contributed by atoms with van der Waals surface area (Å²) in [5.74, 6) is -7.87. The molecule has 0 N–H and O–H groups in total. The van der Waals surface area contributed by atoms with Crippen LogP contribution < -0.4 is 0 Å². The van der Waals surface area contributed by atoms with Crippen LogP contribution in [0.5, 0.6) is 0 Å². The topological polar surface area (TPSA) is 105 Å². The summed E-state index contributed by atoms with van der Waals surface area (Å²) >= 11 is 0. The Hall–Kier alpha value is -3.16. The number of esters is 4. The monoisotopic (exact) mass is 584 g/mol. The molecule has 3 aliphatic rings. The second kappa shape index (κ2) is 14.8.